The lowest BCUT2D eigenvalue weighted by Gasteiger charge is -2.11. The molecule has 1 N–H and O–H groups in total. The predicted octanol–water partition coefficient (Wildman–Crippen LogP) is 0.887. The molecule has 0 aromatic carbocycles. The Morgan fingerprint density at radius 3 is 2.82 bits per heavy atom. The van der Waals surface area contributed by atoms with E-state index in [4.69, 9.17) is 5.11 Å². The highest BCUT2D eigenvalue weighted by molar-refractivity contribution is 7.85. The number of hydrogen-bond acceptors (Lipinski definition) is 3. The van der Waals surface area contributed by atoms with E-state index in [0.29, 0.717) is 18.1 Å². The van der Waals surface area contributed by atoms with Gasteiger partial charge in [-0.05, 0) is 24.3 Å². The zero-order chi connectivity index (χ0) is 12.3. The number of carbonyl (C=O) groups is 1. The van der Waals surface area contributed by atoms with Crippen molar-refractivity contribution in [2.45, 2.75) is 25.8 Å². The van der Waals surface area contributed by atoms with Gasteiger partial charge in [0, 0.05) is 34.7 Å². The lowest BCUT2D eigenvalue weighted by molar-refractivity contribution is -0.138. The topological polar surface area (TPSA) is 72.2 Å². The molecule has 1 aromatic rings. The van der Waals surface area contributed by atoms with Gasteiger partial charge >= 0.3 is 5.97 Å². The third-order valence-corrected chi connectivity index (χ3v) is 4.63. The van der Waals surface area contributed by atoms with Crippen molar-refractivity contribution in [1.82, 2.24) is 9.78 Å². The van der Waals surface area contributed by atoms with E-state index in [9.17, 15) is 9.00 Å². The van der Waals surface area contributed by atoms with Gasteiger partial charge in [-0.25, -0.2) is 0 Å². The molecule has 0 amide bonds. The average Bonchev–Trinajstić information content (AvgIpc) is 2.81. The standard InChI is InChI=1S/C11H16N2O3S/c14-10(15)8-11(2-3-11)9-17(16)7-6-13-5-1-4-12-13/h1,4-5H,2-3,6-9H2,(H,14,15). The molecule has 0 aliphatic heterocycles. The molecule has 6 heteroatoms. The van der Waals surface area contributed by atoms with Crippen LogP contribution in [0.5, 0.6) is 0 Å². The van der Waals surface area contributed by atoms with Crippen LogP contribution in [-0.4, -0.2) is 36.6 Å². The first-order valence-electron chi connectivity index (χ1n) is 5.64. The lowest BCUT2D eigenvalue weighted by Crippen LogP contribution is -2.20. The number of carboxylic acids is 1. The predicted molar refractivity (Wildman–Crippen MR) is 64.0 cm³/mol. The molecule has 2 rings (SSSR count). The fourth-order valence-corrected chi connectivity index (χ4v) is 3.52. The van der Waals surface area contributed by atoms with Crippen LogP contribution in [0.4, 0.5) is 0 Å². The highest BCUT2D eigenvalue weighted by atomic mass is 32.2. The second-order valence-electron chi connectivity index (χ2n) is 4.63. The number of nitrogens with zero attached hydrogens (tertiary/aromatic N) is 2. The summed E-state index contributed by atoms with van der Waals surface area (Å²) in [4.78, 5) is 10.7. The van der Waals surface area contributed by atoms with Gasteiger partial charge in [0.25, 0.3) is 0 Å². The first-order valence-corrected chi connectivity index (χ1v) is 7.13. The van der Waals surface area contributed by atoms with Crippen molar-refractivity contribution in [2.75, 3.05) is 11.5 Å². The van der Waals surface area contributed by atoms with Gasteiger partial charge in [-0.15, -0.1) is 0 Å². The van der Waals surface area contributed by atoms with Crippen LogP contribution in [0.15, 0.2) is 18.5 Å². The maximum Gasteiger partial charge on any atom is 0.303 e. The minimum Gasteiger partial charge on any atom is -0.481 e. The summed E-state index contributed by atoms with van der Waals surface area (Å²) < 4.78 is 13.6. The van der Waals surface area contributed by atoms with Gasteiger partial charge < -0.3 is 5.11 Å². The average molecular weight is 256 g/mol. The van der Waals surface area contributed by atoms with Crippen molar-refractivity contribution in [2.24, 2.45) is 5.41 Å². The van der Waals surface area contributed by atoms with Crippen LogP contribution in [0.25, 0.3) is 0 Å². The summed E-state index contributed by atoms with van der Waals surface area (Å²) in [6.07, 6.45) is 5.47. The van der Waals surface area contributed by atoms with E-state index in [-0.39, 0.29) is 11.8 Å². The van der Waals surface area contributed by atoms with Crippen molar-refractivity contribution in [3.05, 3.63) is 18.5 Å². The highest BCUT2D eigenvalue weighted by Crippen LogP contribution is 2.49. The smallest absolute Gasteiger partial charge is 0.303 e. The molecule has 17 heavy (non-hydrogen) atoms. The summed E-state index contributed by atoms with van der Waals surface area (Å²) in [5.41, 5.74) is -0.180. The Morgan fingerprint density at radius 1 is 1.53 bits per heavy atom. The first kappa shape index (κ1) is 12.3. The molecule has 0 radical (unpaired) electrons. The van der Waals surface area contributed by atoms with Crippen LogP contribution in [0, 0.1) is 5.41 Å². The second-order valence-corrected chi connectivity index (χ2v) is 6.20. The van der Waals surface area contributed by atoms with Crippen LogP contribution in [0.3, 0.4) is 0 Å². The Balaban J connectivity index is 1.76. The molecular weight excluding hydrogens is 240 g/mol. The van der Waals surface area contributed by atoms with Crippen molar-refractivity contribution >= 4 is 16.8 Å². The molecular formula is C11H16N2O3S. The molecule has 5 nitrogen and oxygen atoms in total. The Morgan fingerprint density at radius 2 is 2.29 bits per heavy atom. The third kappa shape index (κ3) is 3.66. The molecule has 0 saturated heterocycles. The van der Waals surface area contributed by atoms with Gasteiger partial charge in [-0.2, -0.15) is 5.10 Å². The van der Waals surface area contributed by atoms with Crippen LogP contribution in [-0.2, 0) is 22.1 Å². The van der Waals surface area contributed by atoms with Crippen molar-refractivity contribution < 1.29 is 14.1 Å². The molecule has 1 atom stereocenters. The van der Waals surface area contributed by atoms with Gasteiger partial charge in [0.2, 0.25) is 0 Å². The zero-order valence-corrected chi connectivity index (χ0v) is 10.4. The van der Waals surface area contributed by atoms with E-state index < -0.39 is 16.8 Å². The number of carboxylic acid groups (broad SMARTS) is 1. The summed E-state index contributed by atoms with van der Waals surface area (Å²) in [6, 6.07) is 1.83. The molecule has 94 valence electrons. The molecule has 1 aromatic heterocycles. The monoisotopic (exact) mass is 256 g/mol. The second kappa shape index (κ2) is 5.00. The van der Waals surface area contributed by atoms with Crippen molar-refractivity contribution in [3.63, 3.8) is 0 Å². The Labute approximate surface area is 102 Å². The van der Waals surface area contributed by atoms with E-state index in [2.05, 4.69) is 5.10 Å². The van der Waals surface area contributed by atoms with Crippen LogP contribution in [0.1, 0.15) is 19.3 Å². The summed E-state index contributed by atoms with van der Waals surface area (Å²) in [7, 11) is -0.952. The largest absolute Gasteiger partial charge is 0.481 e. The van der Waals surface area contributed by atoms with E-state index in [1.54, 1.807) is 10.9 Å². The molecule has 1 saturated carbocycles. The van der Waals surface area contributed by atoms with Crippen LogP contribution < -0.4 is 0 Å². The minimum atomic E-state index is -0.952. The van der Waals surface area contributed by atoms with E-state index >= 15 is 0 Å². The van der Waals surface area contributed by atoms with Gasteiger partial charge in [-0.1, -0.05) is 0 Å². The molecule has 1 heterocycles. The molecule has 1 aliphatic carbocycles. The van der Waals surface area contributed by atoms with Crippen molar-refractivity contribution in [1.29, 1.82) is 0 Å². The fraction of sp³-hybridized carbons (Fsp3) is 0.636. The molecule has 1 fully saturated rings. The normalized spacial score (nSPS) is 18.8. The number of aromatic nitrogens is 2. The maximum absolute atomic E-state index is 11.9. The minimum absolute atomic E-state index is 0.153. The Bertz CT molecular complexity index is 412. The molecule has 0 bridgehead atoms. The van der Waals surface area contributed by atoms with E-state index in [0.717, 1.165) is 12.8 Å². The summed E-state index contributed by atoms with van der Waals surface area (Å²) in [6.45, 7) is 0.628. The molecule has 0 spiro atoms. The Hall–Kier alpha value is -1.17. The summed E-state index contributed by atoms with van der Waals surface area (Å²) in [5, 5.41) is 12.8. The number of rotatable bonds is 7. The van der Waals surface area contributed by atoms with Gasteiger partial charge in [-0.3, -0.25) is 13.7 Å². The van der Waals surface area contributed by atoms with Crippen LogP contribution in [0.2, 0.25) is 0 Å². The highest BCUT2D eigenvalue weighted by Gasteiger charge is 2.45. The fourth-order valence-electron chi connectivity index (χ4n) is 1.91. The molecule has 1 aliphatic rings. The van der Waals surface area contributed by atoms with Gasteiger partial charge in [0.15, 0.2) is 0 Å². The van der Waals surface area contributed by atoms with Crippen molar-refractivity contribution in [3.8, 4) is 0 Å². The lowest BCUT2D eigenvalue weighted by atomic mass is 10.1. The maximum atomic E-state index is 11.9. The zero-order valence-electron chi connectivity index (χ0n) is 9.54. The summed E-state index contributed by atoms with van der Waals surface area (Å²) >= 11 is 0. The van der Waals surface area contributed by atoms with Crippen LogP contribution >= 0.6 is 0 Å². The van der Waals surface area contributed by atoms with Gasteiger partial charge in [0.1, 0.15) is 0 Å². The Kier molecular flexibility index (Phi) is 3.61. The third-order valence-electron chi connectivity index (χ3n) is 3.06. The number of hydrogen-bond donors (Lipinski definition) is 1. The number of aryl methyl sites for hydroxylation is 1. The van der Waals surface area contributed by atoms with E-state index in [1.807, 2.05) is 12.3 Å². The van der Waals surface area contributed by atoms with Gasteiger partial charge in [0.05, 0.1) is 13.0 Å². The first-order chi connectivity index (χ1) is 8.10. The molecule has 1 unspecified atom stereocenters. The quantitative estimate of drug-likeness (QED) is 0.786. The SMILES string of the molecule is O=C(O)CC1(CS(=O)CCn2cccn2)CC1. The van der Waals surface area contributed by atoms with E-state index in [1.165, 1.54) is 0 Å². The number of aliphatic carboxylic acids is 1. The summed E-state index contributed by atoms with van der Waals surface area (Å²) in [5.74, 6) is 0.274.